The van der Waals surface area contributed by atoms with Gasteiger partial charge in [-0.15, -0.1) is 0 Å². The Balaban J connectivity index is 1.30. The normalized spacial score (nSPS) is 22.3. The fourth-order valence-corrected chi connectivity index (χ4v) is 5.51. The van der Waals surface area contributed by atoms with Crippen molar-refractivity contribution in [2.45, 2.75) is 42.6 Å². The number of ether oxygens (including phenoxy) is 1. The Morgan fingerprint density at radius 3 is 2.93 bits per heavy atom. The molecule has 4 nitrogen and oxygen atoms in total. The molecule has 2 atom stereocenters. The highest BCUT2D eigenvalue weighted by Crippen LogP contribution is 2.44. The number of aryl methyl sites for hydroxylation is 1. The van der Waals surface area contributed by atoms with Gasteiger partial charge in [-0.2, -0.15) is 0 Å². The molecule has 0 aromatic heterocycles. The van der Waals surface area contributed by atoms with Gasteiger partial charge in [0.2, 0.25) is 0 Å². The van der Waals surface area contributed by atoms with Crippen molar-refractivity contribution in [2.24, 2.45) is 0 Å². The summed E-state index contributed by atoms with van der Waals surface area (Å²) in [7, 11) is 2.07. The monoisotopic (exact) mass is 397 g/mol. The molecular formula is C23H31N3OS. The summed E-state index contributed by atoms with van der Waals surface area (Å²) in [6, 6.07) is 17.7. The number of thioether (sulfide) groups is 1. The first-order valence-electron chi connectivity index (χ1n) is 10.4. The summed E-state index contributed by atoms with van der Waals surface area (Å²) in [6.45, 7) is 6.33. The predicted octanol–water partition coefficient (Wildman–Crippen LogP) is 4.34. The van der Waals surface area contributed by atoms with Crippen LogP contribution in [0.5, 0.6) is 5.75 Å². The van der Waals surface area contributed by atoms with Crippen molar-refractivity contribution in [2.75, 3.05) is 38.2 Å². The van der Waals surface area contributed by atoms with Crippen molar-refractivity contribution in [1.82, 2.24) is 10.2 Å². The number of hydrogen-bond donors (Lipinski definition) is 1. The summed E-state index contributed by atoms with van der Waals surface area (Å²) in [6.07, 6.45) is 3.61. The number of benzene rings is 2. The number of nitrogens with one attached hydrogen (secondary N) is 1. The van der Waals surface area contributed by atoms with Gasteiger partial charge in [0.05, 0.1) is 12.3 Å². The molecule has 2 aliphatic heterocycles. The maximum absolute atomic E-state index is 5.94. The van der Waals surface area contributed by atoms with Crippen molar-refractivity contribution in [1.29, 1.82) is 0 Å². The Bertz CT molecular complexity index is 784. The van der Waals surface area contributed by atoms with Crippen LogP contribution >= 0.6 is 11.8 Å². The van der Waals surface area contributed by atoms with E-state index in [-0.39, 0.29) is 0 Å². The second kappa shape index (κ2) is 9.21. The zero-order chi connectivity index (χ0) is 19.3. The van der Waals surface area contributed by atoms with E-state index in [2.05, 4.69) is 71.6 Å². The van der Waals surface area contributed by atoms with Gasteiger partial charge in [0.1, 0.15) is 11.2 Å². The lowest BCUT2D eigenvalue weighted by molar-refractivity contribution is 0.185. The molecule has 0 spiro atoms. The van der Waals surface area contributed by atoms with Crippen LogP contribution in [0.2, 0.25) is 0 Å². The Morgan fingerprint density at radius 2 is 2.07 bits per heavy atom. The van der Waals surface area contributed by atoms with Crippen molar-refractivity contribution < 1.29 is 4.74 Å². The molecule has 1 fully saturated rings. The minimum absolute atomic E-state index is 0.340. The predicted molar refractivity (Wildman–Crippen MR) is 118 cm³/mol. The zero-order valence-electron chi connectivity index (χ0n) is 16.9. The van der Waals surface area contributed by atoms with Gasteiger partial charge in [0.25, 0.3) is 0 Å². The van der Waals surface area contributed by atoms with Gasteiger partial charge < -0.3 is 14.5 Å². The third-order valence-corrected chi connectivity index (χ3v) is 6.92. The van der Waals surface area contributed by atoms with Gasteiger partial charge in [-0.25, -0.2) is 0 Å². The quantitative estimate of drug-likeness (QED) is 0.702. The molecule has 2 heterocycles. The maximum atomic E-state index is 5.94. The molecule has 2 unspecified atom stereocenters. The van der Waals surface area contributed by atoms with Gasteiger partial charge >= 0.3 is 0 Å². The second-order valence-corrected chi connectivity index (χ2v) is 8.87. The molecule has 1 N–H and O–H groups in total. The van der Waals surface area contributed by atoms with Crippen LogP contribution < -0.4 is 15.0 Å². The summed E-state index contributed by atoms with van der Waals surface area (Å²) in [5.41, 5.74) is 2.98. The van der Waals surface area contributed by atoms with E-state index in [9.17, 15) is 0 Å². The van der Waals surface area contributed by atoms with Gasteiger partial charge in [-0.05, 0) is 69.6 Å². The molecule has 0 amide bonds. The Kier molecular flexibility index (Phi) is 6.45. The molecule has 0 saturated carbocycles. The number of likely N-dealkylation sites (tertiary alicyclic amines) is 1. The lowest BCUT2D eigenvalue weighted by Crippen LogP contribution is -2.53. The summed E-state index contributed by atoms with van der Waals surface area (Å²) in [5.74, 6) is 0.985. The number of para-hydroxylation sites is 1. The first-order valence-corrected chi connectivity index (χ1v) is 11.3. The van der Waals surface area contributed by atoms with Gasteiger partial charge in [-0.3, -0.25) is 5.32 Å². The van der Waals surface area contributed by atoms with Crippen LogP contribution in [0, 0.1) is 6.92 Å². The molecule has 0 bridgehead atoms. The molecule has 5 heteroatoms. The van der Waals surface area contributed by atoms with Gasteiger partial charge in [0, 0.05) is 24.0 Å². The van der Waals surface area contributed by atoms with Crippen molar-refractivity contribution in [3.63, 3.8) is 0 Å². The smallest absolute Gasteiger partial charge is 0.132 e. The van der Waals surface area contributed by atoms with E-state index in [4.69, 9.17) is 4.74 Å². The van der Waals surface area contributed by atoms with Crippen molar-refractivity contribution >= 4 is 17.4 Å². The van der Waals surface area contributed by atoms with Crippen molar-refractivity contribution in [3.05, 3.63) is 54.1 Å². The number of piperidine rings is 1. The molecule has 1 saturated heterocycles. The molecule has 0 radical (unpaired) electrons. The average molecular weight is 398 g/mol. The summed E-state index contributed by atoms with van der Waals surface area (Å²) >= 11 is 1.94. The van der Waals surface area contributed by atoms with Gasteiger partial charge in [0.15, 0.2) is 0 Å². The van der Waals surface area contributed by atoms with E-state index >= 15 is 0 Å². The number of fused-ring (bicyclic) bond motifs is 1. The number of nitrogens with zero attached hydrogens (tertiary/aromatic N) is 2. The van der Waals surface area contributed by atoms with Crippen LogP contribution in [0.4, 0.5) is 5.69 Å². The molecule has 2 aliphatic rings. The van der Waals surface area contributed by atoms with E-state index in [1.165, 1.54) is 35.5 Å². The van der Waals surface area contributed by atoms with Crippen molar-refractivity contribution in [3.8, 4) is 5.75 Å². The van der Waals surface area contributed by atoms with Gasteiger partial charge in [-0.1, -0.05) is 36.0 Å². The van der Waals surface area contributed by atoms with Crippen LogP contribution in [0.3, 0.4) is 0 Å². The average Bonchev–Trinajstić information content (AvgIpc) is 3.10. The zero-order valence-corrected chi connectivity index (χ0v) is 17.8. The Labute approximate surface area is 173 Å². The van der Waals surface area contributed by atoms with Crippen LogP contribution in [-0.4, -0.2) is 49.7 Å². The number of rotatable bonds is 7. The summed E-state index contributed by atoms with van der Waals surface area (Å²) < 4.78 is 5.94. The fourth-order valence-electron chi connectivity index (χ4n) is 4.30. The third kappa shape index (κ3) is 4.48. The number of anilines is 1. The highest BCUT2D eigenvalue weighted by molar-refractivity contribution is 8.00. The highest BCUT2D eigenvalue weighted by Gasteiger charge is 2.35. The van der Waals surface area contributed by atoms with Crippen LogP contribution in [0.25, 0.3) is 0 Å². The summed E-state index contributed by atoms with van der Waals surface area (Å²) in [5, 5.41) is 3.50. The molecule has 150 valence electrons. The highest BCUT2D eigenvalue weighted by atomic mass is 32.2. The standard InChI is InChI=1S/C23H31N3OS/c1-18-8-5-10-20(16-18)27-15-7-14-25-13-6-9-19(17-25)26-21-11-3-4-12-22(21)28-23(26)24-2/h3-5,8,10-12,16,19,23-24H,6-7,9,13-15,17H2,1-2H3. The van der Waals surface area contributed by atoms with E-state index in [0.29, 0.717) is 11.5 Å². The molecule has 4 rings (SSSR count). The first-order chi connectivity index (χ1) is 13.7. The Hall–Kier alpha value is -1.69. The lowest BCUT2D eigenvalue weighted by atomic mass is 10.0. The minimum atomic E-state index is 0.340. The van der Waals surface area contributed by atoms with Crippen LogP contribution in [0.1, 0.15) is 24.8 Å². The van der Waals surface area contributed by atoms with E-state index in [1.807, 2.05) is 17.8 Å². The molecular weight excluding hydrogens is 366 g/mol. The third-order valence-electron chi connectivity index (χ3n) is 5.63. The largest absolute Gasteiger partial charge is 0.494 e. The lowest BCUT2D eigenvalue weighted by Gasteiger charge is -2.41. The molecule has 28 heavy (non-hydrogen) atoms. The molecule has 2 aromatic rings. The van der Waals surface area contributed by atoms with E-state index < -0.39 is 0 Å². The SMILES string of the molecule is CNC1Sc2ccccc2N1C1CCCN(CCCOc2cccc(C)c2)C1. The number of hydrogen-bond acceptors (Lipinski definition) is 5. The van der Waals surface area contributed by atoms with Crippen LogP contribution in [0.15, 0.2) is 53.4 Å². The van der Waals surface area contributed by atoms with E-state index in [1.54, 1.807) is 0 Å². The molecule has 0 aliphatic carbocycles. The maximum Gasteiger partial charge on any atom is 0.132 e. The van der Waals surface area contributed by atoms with E-state index in [0.717, 1.165) is 31.9 Å². The molecule has 2 aromatic carbocycles. The minimum Gasteiger partial charge on any atom is -0.494 e. The fraction of sp³-hybridized carbons (Fsp3) is 0.478. The first kappa shape index (κ1) is 19.6. The van der Waals surface area contributed by atoms with Crippen LogP contribution in [-0.2, 0) is 0 Å². The second-order valence-electron chi connectivity index (χ2n) is 7.75. The Morgan fingerprint density at radius 1 is 1.18 bits per heavy atom. The topological polar surface area (TPSA) is 27.7 Å². The summed E-state index contributed by atoms with van der Waals surface area (Å²) in [4.78, 5) is 6.62.